The lowest BCUT2D eigenvalue weighted by molar-refractivity contribution is -0.315. The van der Waals surface area contributed by atoms with Gasteiger partial charge in [-0.1, -0.05) is 41.9 Å². The number of rotatable bonds is 6. The number of aromatic nitrogens is 1. The number of carbonyl (C=O) groups excluding carboxylic acids is 2. The lowest BCUT2D eigenvalue weighted by Gasteiger charge is -2.24. The fourth-order valence-electron chi connectivity index (χ4n) is 2.75. The van der Waals surface area contributed by atoms with E-state index < -0.39 is 24.0 Å². The number of hydrogen-bond acceptors (Lipinski definition) is 4. The van der Waals surface area contributed by atoms with Gasteiger partial charge in [-0.2, -0.15) is 0 Å². The third-order valence-corrected chi connectivity index (χ3v) is 4.30. The van der Waals surface area contributed by atoms with Crippen molar-refractivity contribution in [2.24, 2.45) is 0 Å². The van der Waals surface area contributed by atoms with E-state index in [1.165, 1.54) is 0 Å². The zero-order valence-electron chi connectivity index (χ0n) is 13.6. The van der Waals surface area contributed by atoms with Crippen molar-refractivity contribution < 1.29 is 19.8 Å². The van der Waals surface area contributed by atoms with E-state index in [1.807, 2.05) is 6.07 Å². The molecule has 0 radical (unpaired) electrons. The van der Waals surface area contributed by atoms with Crippen molar-refractivity contribution in [1.29, 1.82) is 0 Å². The molecule has 0 bridgehead atoms. The molecule has 2 aromatic carbocycles. The first-order valence-electron chi connectivity index (χ1n) is 7.96. The van der Waals surface area contributed by atoms with Gasteiger partial charge in [-0.25, -0.2) is 0 Å². The number of hydrogen-bond donors (Lipinski definition) is 3. The molecule has 0 aliphatic carbocycles. The predicted octanol–water partition coefficient (Wildman–Crippen LogP) is 1.27. The van der Waals surface area contributed by atoms with Crippen LogP contribution in [0.4, 0.5) is 0 Å². The molecule has 0 spiro atoms. The van der Waals surface area contributed by atoms with E-state index in [9.17, 15) is 19.8 Å². The fraction of sp³-hybridized carbons (Fsp3) is 0.158. The molecule has 3 N–H and O–H groups in total. The summed E-state index contributed by atoms with van der Waals surface area (Å²) in [6.45, 7) is 0. The number of amides is 1. The van der Waals surface area contributed by atoms with Crippen LogP contribution in [0.5, 0.6) is 0 Å². The third-order valence-electron chi connectivity index (χ3n) is 4.06. The Hall–Kier alpha value is -2.83. The first kappa shape index (κ1) is 18.0. The van der Waals surface area contributed by atoms with E-state index in [1.54, 1.807) is 48.5 Å². The highest BCUT2D eigenvalue weighted by molar-refractivity contribution is 6.31. The number of carboxylic acid groups (broad SMARTS) is 1. The van der Waals surface area contributed by atoms with Crippen LogP contribution in [0.3, 0.4) is 0 Å². The third kappa shape index (κ3) is 4.04. The van der Waals surface area contributed by atoms with Gasteiger partial charge < -0.3 is 25.3 Å². The van der Waals surface area contributed by atoms with Crippen molar-refractivity contribution >= 4 is 34.4 Å². The van der Waals surface area contributed by atoms with Crippen LogP contribution in [0.15, 0.2) is 54.6 Å². The average Bonchev–Trinajstić information content (AvgIpc) is 3.04. The molecular formula is C19H16ClN2O4-. The summed E-state index contributed by atoms with van der Waals surface area (Å²) in [7, 11) is 0. The van der Waals surface area contributed by atoms with Crippen molar-refractivity contribution in [2.75, 3.05) is 0 Å². The molecule has 0 saturated heterocycles. The van der Waals surface area contributed by atoms with E-state index in [0.717, 1.165) is 16.5 Å². The van der Waals surface area contributed by atoms with Crippen molar-refractivity contribution in [3.8, 4) is 0 Å². The number of aliphatic hydroxyl groups excluding tert-OH is 1. The number of nitrogens with one attached hydrogen (secondary N) is 2. The van der Waals surface area contributed by atoms with Crippen LogP contribution < -0.4 is 10.4 Å². The molecule has 0 fully saturated rings. The lowest BCUT2D eigenvalue weighted by Crippen LogP contribution is -2.52. The van der Waals surface area contributed by atoms with E-state index in [-0.39, 0.29) is 12.1 Å². The second-order valence-electron chi connectivity index (χ2n) is 5.95. The first-order valence-corrected chi connectivity index (χ1v) is 8.34. The normalized spacial score (nSPS) is 13.3. The molecule has 7 heteroatoms. The van der Waals surface area contributed by atoms with Crippen LogP contribution in [-0.4, -0.2) is 34.1 Å². The smallest absolute Gasteiger partial charge is 0.268 e. The van der Waals surface area contributed by atoms with Crippen LogP contribution in [0.1, 0.15) is 16.1 Å². The van der Waals surface area contributed by atoms with Gasteiger partial charge in [0.25, 0.3) is 5.91 Å². The molecule has 1 aromatic heterocycles. The topological polar surface area (TPSA) is 105 Å². The summed E-state index contributed by atoms with van der Waals surface area (Å²) in [5, 5.41) is 24.9. The molecule has 26 heavy (non-hydrogen) atoms. The summed E-state index contributed by atoms with van der Waals surface area (Å²) in [6.07, 6.45) is -1.69. The van der Waals surface area contributed by atoms with Crippen molar-refractivity contribution in [3.05, 3.63) is 70.9 Å². The largest absolute Gasteiger partial charge is 0.547 e. The number of aromatic amines is 1. The second kappa shape index (κ2) is 7.59. The molecular weight excluding hydrogens is 356 g/mol. The Morgan fingerprint density at radius 2 is 1.88 bits per heavy atom. The minimum atomic E-state index is -1.84. The number of aliphatic hydroxyl groups is 1. The number of aliphatic carboxylic acids is 1. The number of H-pyrrole nitrogens is 1. The first-order chi connectivity index (χ1) is 12.4. The Morgan fingerprint density at radius 1 is 1.15 bits per heavy atom. The van der Waals surface area contributed by atoms with E-state index in [0.29, 0.717) is 5.02 Å². The van der Waals surface area contributed by atoms with Crippen LogP contribution in [0, 0.1) is 0 Å². The van der Waals surface area contributed by atoms with Crippen LogP contribution >= 0.6 is 11.6 Å². The molecule has 3 aromatic rings. The quantitative estimate of drug-likeness (QED) is 0.606. The monoisotopic (exact) mass is 371 g/mol. The number of carboxylic acids is 1. The summed E-state index contributed by atoms with van der Waals surface area (Å²) in [4.78, 5) is 26.6. The average molecular weight is 372 g/mol. The highest BCUT2D eigenvalue weighted by Gasteiger charge is 2.24. The van der Waals surface area contributed by atoms with Crippen molar-refractivity contribution in [3.63, 3.8) is 0 Å². The summed E-state index contributed by atoms with van der Waals surface area (Å²) in [5.74, 6) is -2.17. The molecule has 0 aliphatic heterocycles. The Morgan fingerprint density at radius 3 is 2.58 bits per heavy atom. The van der Waals surface area contributed by atoms with Gasteiger partial charge in [0, 0.05) is 15.9 Å². The Kier molecular flexibility index (Phi) is 5.25. The maximum atomic E-state index is 12.5. The fourth-order valence-corrected chi connectivity index (χ4v) is 2.93. The molecule has 0 unspecified atom stereocenters. The van der Waals surface area contributed by atoms with Crippen LogP contribution in [0.2, 0.25) is 5.02 Å². The van der Waals surface area contributed by atoms with Gasteiger partial charge in [0.05, 0.1) is 12.0 Å². The zero-order chi connectivity index (χ0) is 18.7. The van der Waals surface area contributed by atoms with Crippen LogP contribution in [-0.2, 0) is 11.2 Å². The molecule has 0 saturated carbocycles. The van der Waals surface area contributed by atoms with Gasteiger partial charge in [0.15, 0.2) is 0 Å². The molecule has 134 valence electrons. The SMILES string of the molecule is O=C(N[C@@H](Cc1ccccc1)[C@@H](O)C(=O)[O-])c1cc2cc(Cl)ccc2[nH]1. The summed E-state index contributed by atoms with van der Waals surface area (Å²) in [5.41, 5.74) is 1.74. The molecule has 3 rings (SSSR count). The van der Waals surface area contributed by atoms with Crippen molar-refractivity contribution in [1.82, 2.24) is 10.3 Å². The highest BCUT2D eigenvalue weighted by Crippen LogP contribution is 2.20. The van der Waals surface area contributed by atoms with Gasteiger partial charge in [-0.3, -0.25) is 4.79 Å². The predicted molar refractivity (Wildman–Crippen MR) is 95.7 cm³/mol. The second-order valence-corrected chi connectivity index (χ2v) is 6.38. The van der Waals surface area contributed by atoms with Gasteiger partial charge in [0.2, 0.25) is 0 Å². The minimum Gasteiger partial charge on any atom is -0.547 e. The molecule has 6 nitrogen and oxygen atoms in total. The Labute approximate surface area is 154 Å². The zero-order valence-corrected chi connectivity index (χ0v) is 14.4. The molecule has 0 aliphatic rings. The number of carbonyl (C=O) groups is 2. The molecule has 1 heterocycles. The van der Waals surface area contributed by atoms with Gasteiger partial charge in [0.1, 0.15) is 11.8 Å². The lowest BCUT2D eigenvalue weighted by atomic mass is 10.0. The van der Waals surface area contributed by atoms with Gasteiger partial charge >= 0.3 is 0 Å². The van der Waals surface area contributed by atoms with Crippen LogP contribution in [0.25, 0.3) is 10.9 Å². The Balaban J connectivity index is 1.82. The van der Waals surface area contributed by atoms with Crippen molar-refractivity contribution in [2.45, 2.75) is 18.6 Å². The number of benzene rings is 2. The van der Waals surface area contributed by atoms with Gasteiger partial charge in [-0.15, -0.1) is 0 Å². The number of halogens is 1. The standard InChI is InChI=1S/C19H17ClN2O4/c20-13-6-7-14-12(9-13)10-16(21-14)18(24)22-15(17(23)19(25)26)8-11-4-2-1-3-5-11/h1-7,9-10,15,17,21,23H,8H2,(H,22,24)(H,25,26)/p-1/t15-,17+/m0/s1. The summed E-state index contributed by atoms with van der Waals surface area (Å²) in [6, 6.07) is 14.7. The number of fused-ring (bicyclic) bond motifs is 1. The highest BCUT2D eigenvalue weighted by atomic mass is 35.5. The maximum absolute atomic E-state index is 12.5. The molecule has 2 atom stereocenters. The maximum Gasteiger partial charge on any atom is 0.268 e. The minimum absolute atomic E-state index is 0.147. The van der Waals surface area contributed by atoms with Gasteiger partial charge in [-0.05, 0) is 36.2 Å². The summed E-state index contributed by atoms with van der Waals surface area (Å²) >= 11 is 5.94. The van der Waals surface area contributed by atoms with E-state index in [2.05, 4.69) is 10.3 Å². The molecule has 1 amide bonds. The van der Waals surface area contributed by atoms with E-state index >= 15 is 0 Å². The van der Waals surface area contributed by atoms with E-state index in [4.69, 9.17) is 11.6 Å². The Bertz CT molecular complexity index is 939. The summed E-state index contributed by atoms with van der Waals surface area (Å²) < 4.78 is 0.